The number of hydrogen-bond acceptors (Lipinski definition) is 3. The van der Waals surface area contributed by atoms with Crippen molar-refractivity contribution in [1.82, 2.24) is 0 Å². The Hall–Kier alpha value is -1.05. The van der Waals surface area contributed by atoms with Crippen LogP contribution in [-0.2, 0) is 10.1 Å². The third-order valence-electron chi connectivity index (χ3n) is 3.34. The lowest BCUT2D eigenvalue weighted by Gasteiger charge is -2.37. The summed E-state index contributed by atoms with van der Waals surface area (Å²) in [5.41, 5.74) is 2.93. The smallest absolute Gasteiger partial charge is 0.101 e. The van der Waals surface area contributed by atoms with Crippen molar-refractivity contribution in [2.24, 2.45) is 0 Å². The molecule has 0 bridgehead atoms. The molecule has 1 atom stereocenters. The molecule has 0 aromatic heterocycles. The summed E-state index contributed by atoms with van der Waals surface area (Å²) < 4.78 is 5.51. The third-order valence-corrected chi connectivity index (χ3v) is 3.99. The number of morpholine rings is 1. The lowest BCUT2D eigenvalue weighted by atomic mass is 10.1. The van der Waals surface area contributed by atoms with E-state index in [4.69, 9.17) is 4.74 Å². The predicted octanol–water partition coefficient (Wildman–Crippen LogP) is 3.07. The van der Waals surface area contributed by atoms with Gasteiger partial charge in [-0.3, -0.25) is 0 Å². The molecular formula is C14H17BrN2O. The molecule has 4 heteroatoms. The minimum atomic E-state index is 0.376. The Kier molecular flexibility index (Phi) is 4.62. The van der Waals surface area contributed by atoms with E-state index in [1.54, 1.807) is 0 Å². The second kappa shape index (κ2) is 6.21. The second-order valence-electron chi connectivity index (χ2n) is 4.43. The molecule has 96 valence electrons. The van der Waals surface area contributed by atoms with Crippen LogP contribution >= 0.6 is 15.9 Å². The molecule has 0 saturated carbocycles. The highest BCUT2D eigenvalue weighted by Gasteiger charge is 2.23. The largest absolute Gasteiger partial charge is 0.377 e. The van der Waals surface area contributed by atoms with Gasteiger partial charge in [-0.05, 0) is 24.1 Å². The molecule has 1 aromatic rings. The lowest BCUT2D eigenvalue weighted by molar-refractivity contribution is 0.0930. The first-order valence-electron chi connectivity index (χ1n) is 6.23. The molecule has 0 aliphatic carbocycles. The van der Waals surface area contributed by atoms with Crippen molar-refractivity contribution < 1.29 is 4.74 Å². The van der Waals surface area contributed by atoms with Gasteiger partial charge in [0.25, 0.3) is 0 Å². The Balaban J connectivity index is 2.34. The summed E-state index contributed by atoms with van der Waals surface area (Å²) >= 11 is 3.42. The van der Waals surface area contributed by atoms with Crippen LogP contribution in [0.4, 0.5) is 5.69 Å². The average molecular weight is 309 g/mol. The SMILES string of the molecule is CCC1COCCN1c1ccc(CBr)cc1C#N. The summed E-state index contributed by atoms with van der Waals surface area (Å²) in [6.45, 7) is 4.51. The van der Waals surface area contributed by atoms with E-state index in [9.17, 15) is 5.26 Å². The molecule has 1 aromatic carbocycles. The molecule has 1 aliphatic rings. The predicted molar refractivity (Wildman–Crippen MR) is 76.0 cm³/mol. The average Bonchev–Trinajstić information content (AvgIpc) is 2.46. The zero-order chi connectivity index (χ0) is 13.0. The van der Waals surface area contributed by atoms with Crippen molar-refractivity contribution in [3.05, 3.63) is 29.3 Å². The first-order chi connectivity index (χ1) is 8.80. The van der Waals surface area contributed by atoms with E-state index in [0.29, 0.717) is 6.04 Å². The quantitative estimate of drug-likeness (QED) is 0.805. The highest BCUT2D eigenvalue weighted by molar-refractivity contribution is 9.08. The van der Waals surface area contributed by atoms with Crippen molar-refractivity contribution in [2.45, 2.75) is 24.7 Å². The molecule has 1 saturated heterocycles. The van der Waals surface area contributed by atoms with Gasteiger partial charge in [0.1, 0.15) is 6.07 Å². The van der Waals surface area contributed by atoms with Gasteiger partial charge in [0.2, 0.25) is 0 Å². The van der Waals surface area contributed by atoms with Gasteiger partial charge < -0.3 is 9.64 Å². The van der Waals surface area contributed by atoms with E-state index in [-0.39, 0.29) is 0 Å². The van der Waals surface area contributed by atoms with Gasteiger partial charge in [-0.2, -0.15) is 5.26 Å². The van der Waals surface area contributed by atoms with Crippen molar-refractivity contribution in [2.75, 3.05) is 24.7 Å². The van der Waals surface area contributed by atoms with Crippen LogP contribution in [0.1, 0.15) is 24.5 Å². The standard InChI is InChI=1S/C14H17BrN2O/c1-2-13-10-18-6-5-17(13)14-4-3-11(8-15)7-12(14)9-16/h3-4,7,13H,2,5-6,8,10H2,1H3. The van der Waals surface area contributed by atoms with Crippen LogP contribution in [0, 0.1) is 11.3 Å². The Morgan fingerprint density at radius 2 is 2.39 bits per heavy atom. The summed E-state index contributed by atoms with van der Waals surface area (Å²) in [5, 5.41) is 10.1. The number of nitriles is 1. The Bertz CT molecular complexity index is 456. The number of hydrogen-bond donors (Lipinski definition) is 0. The molecule has 0 radical (unpaired) electrons. The third kappa shape index (κ3) is 2.68. The number of halogens is 1. The molecule has 1 fully saturated rings. The second-order valence-corrected chi connectivity index (χ2v) is 4.99. The topological polar surface area (TPSA) is 36.3 Å². The maximum atomic E-state index is 9.30. The number of nitrogens with zero attached hydrogens (tertiary/aromatic N) is 2. The number of ether oxygens (including phenoxy) is 1. The fourth-order valence-corrected chi connectivity index (χ4v) is 2.67. The molecule has 3 nitrogen and oxygen atoms in total. The number of benzene rings is 1. The van der Waals surface area contributed by atoms with E-state index < -0.39 is 0 Å². The van der Waals surface area contributed by atoms with Crippen LogP contribution in [0.2, 0.25) is 0 Å². The van der Waals surface area contributed by atoms with E-state index in [1.165, 1.54) is 0 Å². The van der Waals surface area contributed by atoms with E-state index >= 15 is 0 Å². The summed E-state index contributed by atoms with van der Waals surface area (Å²) in [5.74, 6) is 0. The monoisotopic (exact) mass is 308 g/mol. The van der Waals surface area contributed by atoms with Gasteiger partial charge >= 0.3 is 0 Å². The highest BCUT2D eigenvalue weighted by Crippen LogP contribution is 2.26. The molecule has 1 aliphatic heterocycles. The summed E-state index contributed by atoms with van der Waals surface area (Å²) in [7, 11) is 0. The zero-order valence-electron chi connectivity index (χ0n) is 10.5. The normalized spacial score (nSPS) is 19.6. The van der Waals surface area contributed by atoms with Gasteiger partial charge in [0.05, 0.1) is 30.5 Å². The zero-order valence-corrected chi connectivity index (χ0v) is 12.1. The lowest BCUT2D eigenvalue weighted by Crippen LogP contribution is -2.45. The fourth-order valence-electron chi connectivity index (χ4n) is 2.32. The van der Waals surface area contributed by atoms with Crippen LogP contribution in [0.25, 0.3) is 0 Å². The maximum Gasteiger partial charge on any atom is 0.101 e. The van der Waals surface area contributed by atoms with Crippen molar-refractivity contribution in [3.8, 4) is 6.07 Å². The Labute approximate surface area is 116 Å². The van der Waals surface area contributed by atoms with Crippen LogP contribution in [-0.4, -0.2) is 25.8 Å². The molecule has 0 amide bonds. The molecular weight excluding hydrogens is 292 g/mol. The summed E-state index contributed by atoms with van der Waals surface area (Å²) in [4.78, 5) is 2.31. The fraction of sp³-hybridized carbons (Fsp3) is 0.500. The highest BCUT2D eigenvalue weighted by atomic mass is 79.9. The van der Waals surface area contributed by atoms with Crippen molar-refractivity contribution >= 4 is 21.6 Å². The first-order valence-corrected chi connectivity index (χ1v) is 7.35. The van der Waals surface area contributed by atoms with Gasteiger partial charge in [-0.1, -0.05) is 28.9 Å². The van der Waals surface area contributed by atoms with E-state index in [1.807, 2.05) is 6.07 Å². The van der Waals surface area contributed by atoms with Gasteiger partial charge in [-0.25, -0.2) is 0 Å². The molecule has 1 heterocycles. The van der Waals surface area contributed by atoms with Gasteiger partial charge in [-0.15, -0.1) is 0 Å². The van der Waals surface area contributed by atoms with Gasteiger partial charge in [0.15, 0.2) is 0 Å². The summed E-state index contributed by atoms with van der Waals surface area (Å²) in [6.07, 6.45) is 1.03. The molecule has 0 spiro atoms. The van der Waals surface area contributed by atoms with E-state index in [0.717, 1.165) is 48.3 Å². The summed E-state index contributed by atoms with van der Waals surface area (Å²) in [6, 6.07) is 8.78. The minimum Gasteiger partial charge on any atom is -0.377 e. The molecule has 1 unspecified atom stereocenters. The molecule has 2 rings (SSSR count). The molecule has 18 heavy (non-hydrogen) atoms. The Morgan fingerprint density at radius 1 is 1.56 bits per heavy atom. The number of rotatable bonds is 3. The van der Waals surface area contributed by atoms with Crippen LogP contribution < -0.4 is 4.90 Å². The Morgan fingerprint density at radius 3 is 3.06 bits per heavy atom. The van der Waals surface area contributed by atoms with E-state index in [2.05, 4.69) is 46.0 Å². The van der Waals surface area contributed by atoms with Crippen LogP contribution in [0.3, 0.4) is 0 Å². The van der Waals surface area contributed by atoms with Gasteiger partial charge in [0, 0.05) is 11.9 Å². The van der Waals surface area contributed by atoms with Crippen LogP contribution in [0.5, 0.6) is 0 Å². The van der Waals surface area contributed by atoms with Crippen molar-refractivity contribution in [3.63, 3.8) is 0 Å². The number of alkyl halides is 1. The molecule has 0 N–H and O–H groups in total. The van der Waals surface area contributed by atoms with Crippen LogP contribution in [0.15, 0.2) is 18.2 Å². The minimum absolute atomic E-state index is 0.376. The number of anilines is 1. The van der Waals surface area contributed by atoms with Crippen molar-refractivity contribution in [1.29, 1.82) is 5.26 Å². The first kappa shape index (κ1) is 13.4. The maximum absolute atomic E-state index is 9.30.